The Hall–Kier alpha value is -1.51. The van der Waals surface area contributed by atoms with E-state index in [9.17, 15) is 4.79 Å². The highest BCUT2D eigenvalue weighted by Gasteiger charge is 2.41. The number of aryl methyl sites for hydroxylation is 1. The molecule has 1 aromatic rings. The summed E-state index contributed by atoms with van der Waals surface area (Å²) >= 11 is 0. The van der Waals surface area contributed by atoms with E-state index in [0.29, 0.717) is 0 Å². The van der Waals surface area contributed by atoms with Crippen molar-refractivity contribution in [1.82, 2.24) is 4.90 Å². The van der Waals surface area contributed by atoms with Crippen LogP contribution < -0.4 is 0 Å². The van der Waals surface area contributed by atoms with Crippen LogP contribution in [0.4, 0.5) is 4.79 Å². The maximum Gasteiger partial charge on any atom is 0.410 e. The quantitative estimate of drug-likeness (QED) is 0.819. The number of hydrogen-bond acceptors (Lipinski definition) is 2. The molecule has 1 unspecified atom stereocenters. The minimum atomic E-state index is -0.398. The molecule has 0 aromatic heterocycles. The number of rotatable bonds is 2. The van der Waals surface area contributed by atoms with Crippen LogP contribution in [0, 0.1) is 0 Å². The second kappa shape index (κ2) is 5.47. The second-order valence-electron chi connectivity index (χ2n) is 5.92. The molecule has 20 heavy (non-hydrogen) atoms. The standard InChI is InChI=1S/C17H23NO2/c1-2-17(11-10-14-8-4-5-9-15(14)17)20-16(19)18-12-6-3-7-13-18/h4-5,8-9H,2-3,6-7,10-13H2,1H3. The lowest BCUT2D eigenvalue weighted by atomic mass is 9.93. The molecule has 1 heterocycles. The van der Waals surface area contributed by atoms with Gasteiger partial charge in [0.05, 0.1) is 0 Å². The molecule has 1 aliphatic carbocycles. The van der Waals surface area contributed by atoms with Crippen molar-refractivity contribution in [3.8, 4) is 0 Å². The number of nitrogens with zero attached hydrogens (tertiary/aromatic N) is 1. The minimum absolute atomic E-state index is 0.122. The summed E-state index contributed by atoms with van der Waals surface area (Å²) in [7, 11) is 0. The zero-order valence-corrected chi connectivity index (χ0v) is 12.2. The van der Waals surface area contributed by atoms with Crippen LogP contribution in [0.3, 0.4) is 0 Å². The van der Waals surface area contributed by atoms with Gasteiger partial charge >= 0.3 is 6.09 Å². The van der Waals surface area contributed by atoms with E-state index in [2.05, 4.69) is 25.1 Å². The van der Waals surface area contributed by atoms with Crippen LogP contribution in [0.25, 0.3) is 0 Å². The fourth-order valence-electron chi connectivity index (χ4n) is 3.51. The predicted octanol–water partition coefficient (Wildman–Crippen LogP) is 3.86. The minimum Gasteiger partial charge on any atom is -0.438 e. The number of fused-ring (bicyclic) bond motifs is 1. The summed E-state index contributed by atoms with van der Waals surface area (Å²) in [4.78, 5) is 14.3. The molecule has 0 saturated carbocycles. The first-order valence-corrected chi connectivity index (χ1v) is 7.81. The molecule has 3 rings (SSSR count). The van der Waals surface area contributed by atoms with Crippen molar-refractivity contribution in [2.45, 2.75) is 51.0 Å². The van der Waals surface area contributed by atoms with Crippen molar-refractivity contribution < 1.29 is 9.53 Å². The summed E-state index contributed by atoms with van der Waals surface area (Å²) in [5.74, 6) is 0. The molecule has 1 aliphatic heterocycles. The highest BCUT2D eigenvalue weighted by Crippen LogP contribution is 2.42. The van der Waals surface area contributed by atoms with Gasteiger partial charge in [0.25, 0.3) is 0 Å². The van der Waals surface area contributed by atoms with Gasteiger partial charge in [-0.1, -0.05) is 31.2 Å². The Morgan fingerprint density at radius 2 is 2.00 bits per heavy atom. The number of benzene rings is 1. The highest BCUT2D eigenvalue weighted by molar-refractivity contribution is 5.69. The number of likely N-dealkylation sites (tertiary alicyclic amines) is 1. The van der Waals surface area contributed by atoms with E-state index in [1.807, 2.05) is 11.0 Å². The molecule has 3 heteroatoms. The van der Waals surface area contributed by atoms with Gasteiger partial charge in [-0.15, -0.1) is 0 Å². The van der Waals surface area contributed by atoms with E-state index in [1.165, 1.54) is 17.5 Å². The summed E-state index contributed by atoms with van der Waals surface area (Å²) in [6.07, 6.45) is 6.09. The number of amides is 1. The van der Waals surface area contributed by atoms with Gasteiger partial charge in [-0.25, -0.2) is 4.79 Å². The second-order valence-corrected chi connectivity index (χ2v) is 5.92. The van der Waals surface area contributed by atoms with Gasteiger partial charge < -0.3 is 9.64 Å². The van der Waals surface area contributed by atoms with Gasteiger partial charge in [-0.3, -0.25) is 0 Å². The molecule has 1 fully saturated rings. The Kier molecular flexibility index (Phi) is 3.68. The largest absolute Gasteiger partial charge is 0.438 e. The van der Waals surface area contributed by atoms with Crippen molar-refractivity contribution in [1.29, 1.82) is 0 Å². The molecule has 1 saturated heterocycles. The van der Waals surface area contributed by atoms with Crippen LogP contribution in [0.5, 0.6) is 0 Å². The summed E-state index contributed by atoms with van der Waals surface area (Å²) in [6.45, 7) is 3.81. The average molecular weight is 273 g/mol. The summed E-state index contributed by atoms with van der Waals surface area (Å²) < 4.78 is 6.00. The number of carbonyl (C=O) groups is 1. The maximum atomic E-state index is 12.4. The third kappa shape index (κ3) is 2.30. The smallest absolute Gasteiger partial charge is 0.410 e. The number of ether oxygens (including phenoxy) is 1. The summed E-state index contributed by atoms with van der Waals surface area (Å²) in [5.41, 5.74) is 2.15. The van der Waals surface area contributed by atoms with E-state index in [4.69, 9.17) is 4.74 Å². The van der Waals surface area contributed by atoms with Crippen molar-refractivity contribution in [3.05, 3.63) is 35.4 Å². The third-order valence-corrected chi connectivity index (χ3v) is 4.77. The molecular formula is C17H23NO2. The fraction of sp³-hybridized carbons (Fsp3) is 0.588. The molecule has 1 aromatic carbocycles. The molecule has 0 radical (unpaired) electrons. The lowest BCUT2D eigenvalue weighted by Gasteiger charge is -2.34. The van der Waals surface area contributed by atoms with Crippen LogP contribution in [-0.2, 0) is 16.8 Å². The van der Waals surface area contributed by atoms with Gasteiger partial charge in [0.1, 0.15) is 5.60 Å². The molecule has 0 N–H and O–H groups in total. The van der Waals surface area contributed by atoms with Crippen LogP contribution in [-0.4, -0.2) is 24.1 Å². The van der Waals surface area contributed by atoms with E-state index in [1.54, 1.807) is 0 Å². The van der Waals surface area contributed by atoms with Crippen LogP contribution >= 0.6 is 0 Å². The average Bonchev–Trinajstić information content (AvgIpc) is 2.88. The molecule has 0 bridgehead atoms. The predicted molar refractivity (Wildman–Crippen MR) is 78.6 cm³/mol. The first-order valence-electron chi connectivity index (χ1n) is 7.81. The molecule has 108 valence electrons. The Bertz CT molecular complexity index is 494. The van der Waals surface area contributed by atoms with Gasteiger partial charge in [0.15, 0.2) is 0 Å². The van der Waals surface area contributed by atoms with Crippen molar-refractivity contribution in [2.75, 3.05) is 13.1 Å². The molecular weight excluding hydrogens is 250 g/mol. The Morgan fingerprint density at radius 3 is 2.75 bits per heavy atom. The number of piperidine rings is 1. The zero-order chi connectivity index (χ0) is 14.0. The lowest BCUT2D eigenvalue weighted by Crippen LogP contribution is -2.41. The Balaban J connectivity index is 1.79. The van der Waals surface area contributed by atoms with Gasteiger partial charge in [-0.2, -0.15) is 0 Å². The van der Waals surface area contributed by atoms with Crippen LogP contribution in [0.1, 0.15) is 50.2 Å². The normalized spacial score (nSPS) is 25.4. The van der Waals surface area contributed by atoms with E-state index in [-0.39, 0.29) is 6.09 Å². The van der Waals surface area contributed by atoms with Crippen molar-refractivity contribution in [3.63, 3.8) is 0 Å². The molecule has 1 atom stereocenters. The van der Waals surface area contributed by atoms with Gasteiger partial charge in [-0.05, 0) is 49.7 Å². The zero-order valence-electron chi connectivity index (χ0n) is 12.2. The van der Waals surface area contributed by atoms with Crippen molar-refractivity contribution >= 4 is 6.09 Å². The third-order valence-electron chi connectivity index (χ3n) is 4.77. The Morgan fingerprint density at radius 1 is 1.25 bits per heavy atom. The molecule has 0 spiro atoms. The van der Waals surface area contributed by atoms with E-state index < -0.39 is 5.60 Å². The highest BCUT2D eigenvalue weighted by atomic mass is 16.6. The molecule has 1 amide bonds. The van der Waals surface area contributed by atoms with E-state index in [0.717, 1.165) is 45.2 Å². The SMILES string of the molecule is CCC1(OC(=O)N2CCCCC2)CCc2ccccc21. The van der Waals surface area contributed by atoms with Gasteiger partial charge in [0.2, 0.25) is 0 Å². The fourth-order valence-corrected chi connectivity index (χ4v) is 3.51. The summed E-state index contributed by atoms with van der Waals surface area (Å²) in [5, 5.41) is 0. The maximum absolute atomic E-state index is 12.4. The molecule has 3 nitrogen and oxygen atoms in total. The van der Waals surface area contributed by atoms with Crippen LogP contribution in [0.2, 0.25) is 0 Å². The van der Waals surface area contributed by atoms with E-state index >= 15 is 0 Å². The first kappa shape index (κ1) is 13.5. The van der Waals surface area contributed by atoms with Crippen molar-refractivity contribution in [2.24, 2.45) is 0 Å². The van der Waals surface area contributed by atoms with Gasteiger partial charge in [0, 0.05) is 13.1 Å². The number of carbonyl (C=O) groups excluding carboxylic acids is 1. The first-order chi connectivity index (χ1) is 9.75. The van der Waals surface area contributed by atoms with Crippen LogP contribution in [0.15, 0.2) is 24.3 Å². The summed E-state index contributed by atoms with van der Waals surface area (Å²) in [6, 6.07) is 8.39. The number of hydrogen-bond donors (Lipinski definition) is 0. The topological polar surface area (TPSA) is 29.5 Å². The molecule has 2 aliphatic rings. The monoisotopic (exact) mass is 273 g/mol. The Labute approximate surface area is 120 Å². The lowest BCUT2D eigenvalue weighted by molar-refractivity contribution is -0.0178.